The average molecular weight is 247 g/mol. The summed E-state index contributed by atoms with van der Waals surface area (Å²) in [5, 5.41) is 4.26. The summed E-state index contributed by atoms with van der Waals surface area (Å²) in [5.41, 5.74) is 8.96. The summed E-state index contributed by atoms with van der Waals surface area (Å²) < 4.78 is 14.9. The molecular weight excluding hydrogens is 229 g/mol. The van der Waals surface area contributed by atoms with Crippen molar-refractivity contribution in [3.63, 3.8) is 0 Å². The van der Waals surface area contributed by atoms with Crippen molar-refractivity contribution in [1.29, 1.82) is 0 Å². The van der Waals surface area contributed by atoms with Crippen LogP contribution in [0, 0.1) is 12.7 Å². The Morgan fingerprint density at radius 3 is 2.89 bits per heavy atom. The molecular formula is C14H18FN3. The van der Waals surface area contributed by atoms with E-state index >= 15 is 0 Å². The van der Waals surface area contributed by atoms with Gasteiger partial charge in [0.2, 0.25) is 0 Å². The molecule has 0 amide bonds. The number of rotatable bonds is 4. The van der Waals surface area contributed by atoms with Crippen LogP contribution in [-0.4, -0.2) is 9.78 Å². The van der Waals surface area contributed by atoms with Gasteiger partial charge in [-0.2, -0.15) is 5.10 Å². The third-order valence-electron chi connectivity index (χ3n) is 3.03. The summed E-state index contributed by atoms with van der Waals surface area (Å²) in [6, 6.07) is 4.44. The molecule has 0 aliphatic heterocycles. The number of aryl methyl sites for hydroxylation is 2. The van der Waals surface area contributed by atoms with Gasteiger partial charge >= 0.3 is 0 Å². The highest BCUT2D eigenvalue weighted by atomic mass is 19.1. The van der Waals surface area contributed by atoms with E-state index in [2.05, 4.69) is 12.0 Å². The molecule has 1 unspecified atom stereocenters. The summed E-state index contributed by atoms with van der Waals surface area (Å²) in [4.78, 5) is 0. The van der Waals surface area contributed by atoms with Crippen molar-refractivity contribution in [3.8, 4) is 0 Å². The first-order valence-electron chi connectivity index (χ1n) is 6.15. The van der Waals surface area contributed by atoms with Gasteiger partial charge in [-0.3, -0.25) is 4.68 Å². The van der Waals surface area contributed by atoms with Crippen LogP contribution >= 0.6 is 0 Å². The van der Waals surface area contributed by atoms with Gasteiger partial charge in [-0.25, -0.2) is 4.39 Å². The Bertz CT molecular complexity index is 534. The average Bonchev–Trinajstić information content (AvgIpc) is 2.77. The molecule has 1 aromatic carbocycles. The van der Waals surface area contributed by atoms with Crippen molar-refractivity contribution >= 4 is 0 Å². The molecule has 0 saturated carbocycles. The predicted molar refractivity (Wildman–Crippen MR) is 69.7 cm³/mol. The minimum absolute atomic E-state index is 0.231. The topological polar surface area (TPSA) is 43.8 Å². The van der Waals surface area contributed by atoms with E-state index in [1.54, 1.807) is 12.3 Å². The van der Waals surface area contributed by atoms with Gasteiger partial charge in [0.25, 0.3) is 0 Å². The molecule has 96 valence electrons. The smallest absolute Gasteiger partial charge is 0.123 e. The van der Waals surface area contributed by atoms with Gasteiger partial charge in [-0.15, -0.1) is 0 Å². The number of halogens is 1. The summed E-state index contributed by atoms with van der Waals surface area (Å²) in [5.74, 6) is -0.231. The second-order valence-electron chi connectivity index (χ2n) is 4.52. The number of hydrogen-bond donors (Lipinski definition) is 1. The molecule has 0 fully saturated rings. The van der Waals surface area contributed by atoms with Crippen LogP contribution in [0.5, 0.6) is 0 Å². The van der Waals surface area contributed by atoms with Crippen molar-refractivity contribution < 1.29 is 4.39 Å². The Morgan fingerprint density at radius 2 is 2.22 bits per heavy atom. The molecule has 0 bridgehead atoms. The quantitative estimate of drug-likeness (QED) is 0.902. The molecule has 0 radical (unpaired) electrons. The number of nitrogens with two attached hydrogens (primary N) is 1. The van der Waals surface area contributed by atoms with E-state index < -0.39 is 0 Å². The number of hydrogen-bond acceptors (Lipinski definition) is 2. The summed E-state index contributed by atoms with van der Waals surface area (Å²) >= 11 is 0. The zero-order valence-corrected chi connectivity index (χ0v) is 10.7. The third-order valence-corrected chi connectivity index (χ3v) is 3.03. The molecule has 0 saturated heterocycles. The van der Waals surface area contributed by atoms with Crippen LogP contribution < -0.4 is 5.73 Å². The van der Waals surface area contributed by atoms with Gasteiger partial charge < -0.3 is 5.73 Å². The second kappa shape index (κ2) is 5.31. The highest BCUT2D eigenvalue weighted by Gasteiger charge is 2.13. The third kappa shape index (κ3) is 2.59. The van der Waals surface area contributed by atoms with Crippen LogP contribution in [0.1, 0.15) is 36.1 Å². The predicted octanol–water partition coefficient (Wildman–Crippen LogP) is 2.79. The van der Waals surface area contributed by atoms with Crippen LogP contribution in [0.2, 0.25) is 0 Å². The van der Waals surface area contributed by atoms with Crippen LogP contribution in [0.3, 0.4) is 0 Å². The fourth-order valence-electron chi connectivity index (χ4n) is 2.06. The van der Waals surface area contributed by atoms with Crippen LogP contribution in [0.25, 0.3) is 0 Å². The Kier molecular flexibility index (Phi) is 3.77. The number of nitrogens with zero attached hydrogens (tertiary/aromatic N) is 2. The SMILES string of the molecule is CCCn1cc(C(N)c2ccc(F)cc2C)cn1. The molecule has 3 nitrogen and oxygen atoms in total. The Hall–Kier alpha value is -1.68. The molecule has 0 aliphatic carbocycles. The van der Waals surface area contributed by atoms with Crippen LogP contribution in [-0.2, 0) is 6.54 Å². The minimum atomic E-state index is -0.254. The number of aromatic nitrogens is 2. The molecule has 4 heteroatoms. The normalized spacial score (nSPS) is 12.7. The van der Waals surface area contributed by atoms with Gasteiger partial charge in [-0.1, -0.05) is 13.0 Å². The van der Waals surface area contributed by atoms with Gasteiger partial charge in [-0.05, 0) is 36.6 Å². The standard InChI is InChI=1S/C14H18FN3/c1-3-6-18-9-11(8-17-18)14(16)13-5-4-12(15)7-10(13)2/h4-5,7-9,14H,3,6,16H2,1-2H3. The van der Waals surface area contributed by atoms with E-state index in [0.29, 0.717) is 0 Å². The highest BCUT2D eigenvalue weighted by molar-refractivity contribution is 5.35. The monoisotopic (exact) mass is 247 g/mol. The molecule has 2 rings (SSSR count). The first-order chi connectivity index (χ1) is 8.61. The maximum atomic E-state index is 13.1. The van der Waals surface area contributed by atoms with Gasteiger partial charge in [0.05, 0.1) is 12.2 Å². The van der Waals surface area contributed by atoms with E-state index in [9.17, 15) is 4.39 Å². The lowest BCUT2D eigenvalue weighted by molar-refractivity contribution is 0.601. The molecule has 1 atom stereocenters. The zero-order valence-electron chi connectivity index (χ0n) is 10.7. The summed E-state index contributed by atoms with van der Waals surface area (Å²) in [6.45, 7) is 4.86. The van der Waals surface area contributed by atoms with E-state index in [1.807, 2.05) is 17.8 Å². The summed E-state index contributed by atoms with van der Waals surface area (Å²) in [7, 11) is 0. The second-order valence-corrected chi connectivity index (χ2v) is 4.52. The van der Waals surface area contributed by atoms with E-state index in [4.69, 9.17) is 5.73 Å². The molecule has 0 spiro atoms. The Labute approximate surface area is 106 Å². The van der Waals surface area contributed by atoms with Crippen molar-refractivity contribution in [2.24, 2.45) is 5.73 Å². The fraction of sp³-hybridized carbons (Fsp3) is 0.357. The van der Waals surface area contributed by atoms with Crippen molar-refractivity contribution in [1.82, 2.24) is 9.78 Å². The van der Waals surface area contributed by atoms with Gasteiger partial charge in [0.15, 0.2) is 0 Å². The maximum absolute atomic E-state index is 13.1. The first kappa shape index (κ1) is 12.8. The molecule has 0 aliphatic rings. The van der Waals surface area contributed by atoms with Crippen molar-refractivity contribution in [2.75, 3.05) is 0 Å². The molecule has 2 aromatic rings. The van der Waals surface area contributed by atoms with Crippen LogP contribution in [0.15, 0.2) is 30.6 Å². The molecule has 1 heterocycles. The van der Waals surface area contributed by atoms with Gasteiger partial charge in [0.1, 0.15) is 5.82 Å². The lowest BCUT2D eigenvalue weighted by Gasteiger charge is -2.13. The zero-order chi connectivity index (χ0) is 13.1. The first-order valence-corrected chi connectivity index (χ1v) is 6.15. The van der Waals surface area contributed by atoms with Crippen molar-refractivity contribution in [2.45, 2.75) is 32.9 Å². The highest BCUT2D eigenvalue weighted by Crippen LogP contribution is 2.22. The van der Waals surface area contributed by atoms with E-state index in [0.717, 1.165) is 29.7 Å². The maximum Gasteiger partial charge on any atom is 0.123 e. The molecule has 18 heavy (non-hydrogen) atoms. The Balaban J connectivity index is 2.26. The summed E-state index contributed by atoms with van der Waals surface area (Å²) in [6.07, 6.45) is 4.77. The lowest BCUT2D eigenvalue weighted by Crippen LogP contribution is -2.12. The van der Waals surface area contributed by atoms with E-state index in [1.165, 1.54) is 12.1 Å². The lowest BCUT2D eigenvalue weighted by atomic mass is 9.98. The van der Waals surface area contributed by atoms with Gasteiger partial charge in [0, 0.05) is 18.3 Å². The Morgan fingerprint density at radius 1 is 1.44 bits per heavy atom. The molecule has 2 N–H and O–H groups in total. The van der Waals surface area contributed by atoms with E-state index in [-0.39, 0.29) is 11.9 Å². The fourth-order valence-corrected chi connectivity index (χ4v) is 2.06. The van der Waals surface area contributed by atoms with Crippen molar-refractivity contribution in [3.05, 3.63) is 53.1 Å². The minimum Gasteiger partial charge on any atom is -0.320 e. The van der Waals surface area contributed by atoms with Crippen LogP contribution in [0.4, 0.5) is 4.39 Å². The largest absolute Gasteiger partial charge is 0.320 e. The molecule has 1 aromatic heterocycles. The number of benzene rings is 1.